The third kappa shape index (κ3) is 5.26. The number of thioether (sulfide) groups is 1. The summed E-state index contributed by atoms with van der Waals surface area (Å²) in [6.07, 6.45) is -2.70. The Balaban J connectivity index is 1.66. The van der Waals surface area contributed by atoms with Gasteiger partial charge in [-0.3, -0.25) is 9.36 Å². The van der Waals surface area contributed by atoms with Gasteiger partial charge in [-0.2, -0.15) is 13.2 Å². The van der Waals surface area contributed by atoms with Gasteiger partial charge in [-0.15, -0.1) is 16.8 Å². The van der Waals surface area contributed by atoms with Gasteiger partial charge in [0, 0.05) is 17.8 Å². The van der Waals surface area contributed by atoms with Crippen LogP contribution in [0.25, 0.3) is 11.4 Å². The van der Waals surface area contributed by atoms with Crippen molar-refractivity contribution in [3.05, 3.63) is 72.8 Å². The predicted molar refractivity (Wildman–Crippen MR) is 106 cm³/mol. The molecule has 150 valence electrons. The van der Waals surface area contributed by atoms with Gasteiger partial charge in [0.1, 0.15) is 0 Å². The zero-order valence-electron chi connectivity index (χ0n) is 15.2. The second kappa shape index (κ2) is 8.95. The van der Waals surface area contributed by atoms with Crippen LogP contribution in [0.4, 0.5) is 18.9 Å². The van der Waals surface area contributed by atoms with E-state index in [0.717, 1.165) is 17.7 Å². The number of amides is 1. The molecular weight excluding hydrogens is 401 g/mol. The summed E-state index contributed by atoms with van der Waals surface area (Å²) in [6, 6.07) is 13.8. The zero-order valence-corrected chi connectivity index (χ0v) is 16.0. The summed E-state index contributed by atoms with van der Waals surface area (Å²) in [6.45, 7) is 4.21. The lowest BCUT2D eigenvalue weighted by Gasteiger charge is -2.09. The Morgan fingerprint density at radius 3 is 2.41 bits per heavy atom. The van der Waals surface area contributed by atoms with E-state index in [9.17, 15) is 18.0 Å². The molecule has 0 aliphatic heterocycles. The van der Waals surface area contributed by atoms with Crippen LogP contribution in [0.3, 0.4) is 0 Å². The van der Waals surface area contributed by atoms with Crippen molar-refractivity contribution in [2.75, 3.05) is 11.1 Å². The molecule has 2 aromatic carbocycles. The van der Waals surface area contributed by atoms with Gasteiger partial charge in [-0.1, -0.05) is 48.2 Å². The van der Waals surface area contributed by atoms with Crippen LogP contribution in [-0.4, -0.2) is 26.4 Å². The van der Waals surface area contributed by atoms with Crippen LogP contribution in [0.15, 0.2) is 72.4 Å². The quantitative estimate of drug-likeness (QED) is 0.439. The third-order valence-electron chi connectivity index (χ3n) is 3.89. The summed E-state index contributed by atoms with van der Waals surface area (Å²) in [5.74, 6) is 0.339. The Morgan fingerprint density at radius 1 is 1.10 bits per heavy atom. The maximum absolute atomic E-state index is 12.6. The van der Waals surface area contributed by atoms with E-state index in [-0.39, 0.29) is 11.7 Å². The topological polar surface area (TPSA) is 59.8 Å². The monoisotopic (exact) mass is 418 g/mol. The minimum atomic E-state index is -4.41. The molecule has 3 rings (SSSR count). The number of carbonyl (C=O) groups is 1. The summed E-state index contributed by atoms with van der Waals surface area (Å²) < 4.78 is 39.7. The average molecular weight is 418 g/mol. The molecule has 1 N–H and O–H groups in total. The van der Waals surface area contributed by atoms with Crippen molar-refractivity contribution in [2.24, 2.45) is 0 Å². The minimum Gasteiger partial charge on any atom is -0.325 e. The van der Waals surface area contributed by atoms with Crippen LogP contribution >= 0.6 is 11.8 Å². The number of hydrogen-bond acceptors (Lipinski definition) is 4. The SMILES string of the molecule is C=CCn1c(SCC(=O)Nc2ccc(C(F)(F)F)cc2)nnc1-c1ccccc1. The van der Waals surface area contributed by atoms with Crippen molar-refractivity contribution in [2.45, 2.75) is 17.9 Å². The van der Waals surface area contributed by atoms with Crippen LogP contribution in [0.2, 0.25) is 0 Å². The van der Waals surface area contributed by atoms with Gasteiger partial charge in [0.15, 0.2) is 11.0 Å². The highest BCUT2D eigenvalue weighted by Crippen LogP contribution is 2.30. The molecule has 0 saturated heterocycles. The first-order valence-electron chi connectivity index (χ1n) is 8.58. The summed E-state index contributed by atoms with van der Waals surface area (Å²) in [4.78, 5) is 12.2. The maximum atomic E-state index is 12.6. The first-order chi connectivity index (χ1) is 13.9. The first-order valence-corrected chi connectivity index (χ1v) is 9.56. The fourth-order valence-corrected chi connectivity index (χ4v) is 3.31. The Morgan fingerprint density at radius 2 is 1.79 bits per heavy atom. The number of aromatic nitrogens is 3. The van der Waals surface area contributed by atoms with E-state index in [2.05, 4.69) is 22.1 Å². The fraction of sp³-hybridized carbons (Fsp3) is 0.150. The number of anilines is 1. The standard InChI is InChI=1S/C20H17F3N4OS/c1-2-12-27-18(14-6-4-3-5-7-14)25-26-19(27)29-13-17(28)24-16-10-8-15(9-11-16)20(21,22)23/h2-11H,1,12-13H2,(H,24,28). The largest absolute Gasteiger partial charge is 0.416 e. The van der Waals surface area contributed by atoms with Crippen LogP contribution in [0.5, 0.6) is 0 Å². The molecule has 1 heterocycles. The van der Waals surface area contributed by atoms with Gasteiger partial charge in [-0.25, -0.2) is 0 Å². The second-order valence-corrected chi connectivity index (χ2v) is 6.93. The fourth-order valence-electron chi connectivity index (χ4n) is 2.56. The lowest BCUT2D eigenvalue weighted by Crippen LogP contribution is -2.15. The van der Waals surface area contributed by atoms with Gasteiger partial charge in [0.05, 0.1) is 11.3 Å². The third-order valence-corrected chi connectivity index (χ3v) is 4.86. The highest BCUT2D eigenvalue weighted by atomic mass is 32.2. The molecule has 0 atom stereocenters. The number of carbonyl (C=O) groups excluding carboxylic acids is 1. The highest BCUT2D eigenvalue weighted by molar-refractivity contribution is 7.99. The number of benzene rings is 2. The Bertz CT molecular complexity index is 985. The first kappa shape index (κ1) is 20.7. The average Bonchev–Trinajstić information content (AvgIpc) is 3.10. The van der Waals surface area contributed by atoms with Gasteiger partial charge in [0.2, 0.25) is 5.91 Å². The molecular formula is C20H17F3N4OS. The van der Waals surface area contributed by atoms with E-state index in [0.29, 0.717) is 23.2 Å². The molecule has 5 nitrogen and oxygen atoms in total. The highest BCUT2D eigenvalue weighted by Gasteiger charge is 2.30. The Hall–Kier alpha value is -3.07. The number of halogens is 3. The molecule has 0 aliphatic rings. The molecule has 0 fully saturated rings. The second-order valence-electron chi connectivity index (χ2n) is 5.98. The number of allylic oxidation sites excluding steroid dienone is 1. The minimum absolute atomic E-state index is 0.0328. The molecule has 0 bridgehead atoms. The van der Waals surface area contributed by atoms with E-state index in [1.54, 1.807) is 6.08 Å². The molecule has 1 aromatic heterocycles. The van der Waals surface area contributed by atoms with Crippen molar-refractivity contribution >= 4 is 23.4 Å². The van der Waals surface area contributed by atoms with Crippen LogP contribution in [0, 0.1) is 0 Å². The van der Waals surface area contributed by atoms with E-state index in [4.69, 9.17) is 0 Å². The van der Waals surface area contributed by atoms with E-state index < -0.39 is 11.7 Å². The Labute approximate surface area is 169 Å². The number of nitrogens with one attached hydrogen (secondary N) is 1. The molecule has 3 aromatic rings. The van der Waals surface area contributed by atoms with Crippen molar-refractivity contribution in [3.63, 3.8) is 0 Å². The van der Waals surface area contributed by atoms with Gasteiger partial charge in [-0.05, 0) is 24.3 Å². The van der Waals surface area contributed by atoms with Gasteiger partial charge >= 0.3 is 6.18 Å². The van der Waals surface area contributed by atoms with Crippen LogP contribution in [0.1, 0.15) is 5.56 Å². The van der Waals surface area contributed by atoms with Crippen molar-refractivity contribution < 1.29 is 18.0 Å². The molecule has 0 spiro atoms. The smallest absolute Gasteiger partial charge is 0.325 e. The Kier molecular flexibility index (Phi) is 6.38. The van der Waals surface area contributed by atoms with Gasteiger partial charge < -0.3 is 5.32 Å². The molecule has 29 heavy (non-hydrogen) atoms. The van der Waals surface area contributed by atoms with E-state index in [1.165, 1.54) is 23.9 Å². The van der Waals surface area contributed by atoms with Gasteiger partial charge in [0.25, 0.3) is 0 Å². The molecule has 9 heteroatoms. The molecule has 0 radical (unpaired) electrons. The summed E-state index contributed by atoms with van der Waals surface area (Å²) in [5.41, 5.74) is 0.417. The number of hydrogen-bond donors (Lipinski definition) is 1. The van der Waals surface area contributed by atoms with Crippen LogP contribution in [-0.2, 0) is 17.5 Å². The van der Waals surface area contributed by atoms with Crippen molar-refractivity contribution in [3.8, 4) is 11.4 Å². The molecule has 0 saturated carbocycles. The van der Waals surface area contributed by atoms with E-state index >= 15 is 0 Å². The lowest BCUT2D eigenvalue weighted by atomic mass is 10.2. The maximum Gasteiger partial charge on any atom is 0.416 e. The van der Waals surface area contributed by atoms with Crippen LogP contribution < -0.4 is 5.32 Å². The molecule has 0 aliphatic carbocycles. The molecule has 1 amide bonds. The van der Waals surface area contributed by atoms with E-state index in [1.807, 2.05) is 34.9 Å². The molecule has 0 unspecified atom stereocenters. The number of rotatable bonds is 7. The predicted octanol–water partition coefficient (Wildman–Crippen LogP) is 4.88. The van der Waals surface area contributed by atoms with Crippen molar-refractivity contribution in [1.29, 1.82) is 0 Å². The summed E-state index contributed by atoms with van der Waals surface area (Å²) in [7, 11) is 0. The number of alkyl halides is 3. The number of nitrogens with zero attached hydrogens (tertiary/aromatic N) is 3. The lowest BCUT2D eigenvalue weighted by molar-refractivity contribution is -0.137. The summed E-state index contributed by atoms with van der Waals surface area (Å²) >= 11 is 1.19. The summed E-state index contributed by atoms with van der Waals surface area (Å²) in [5, 5.41) is 11.5. The normalized spacial score (nSPS) is 11.3. The van der Waals surface area contributed by atoms with Crippen molar-refractivity contribution in [1.82, 2.24) is 14.8 Å². The zero-order chi connectivity index (χ0) is 20.9.